The van der Waals surface area contributed by atoms with Crippen LogP contribution in [0.15, 0.2) is 29.1 Å². The average molecular weight is 364 g/mol. The summed E-state index contributed by atoms with van der Waals surface area (Å²) in [6.45, 7) is 6.23. The van der Waals surface area contributed by atoms with Crippen molar-refractivity contribution in [2.45, 2.75) is 46.0 Å². The van der Waals surface area contributed by atoms with Crippen LogP contribution in [-0.2, 0) is 6.42 Å². The van der Waals surface area contributed by atoms with E-state index in [-0.39, 0.29) is 5.56 Å². The minimum absolute atomic E-state index is 0.0232. The molecule has 3 heterocycles. The Labute approximate surface area is 154 Å². The summed E-state index contributed by atoms with van der Waals surface area (Å²) in [5.41, 5.74) is 3.27. The highest BCUT2D eigenvalue weighted by Crippen LogP contribution is 2.41. The van der Waals surface area contributed by atoms with Gasteiger partial charge in [0, 0.05) is 4.88 Å². The maximum absolute atomic E-state index is 13.6. The fraction of sp³-hybridized carbons (Fsp3) is 0.350. The summed E-state index contributed by atoms with van der Waals surface area (Å²) in [6, 6.07) is 8.01. The van der Waals surface area contributed by atoms with Crippen LogP contribution >= 0.6 is 11.3 Å². The number of hydrogen-bond donors (Lipinski definition) is 0. The second-order valence-electron chi connectivity index (χ2n) is 7.27. The van der Waals surface area contributed by atoms with Crippen LogP contribution < -0.4 is 5.56 Å². The second kappa shape index (κ2) is 5.51. The first kappa shape index (κ1) is 15.8. The molecule has 0 saturated carbocycles. The van der Waals surface area contributed by atoms with Crippen LogP contribution in [0.3, 0.4) is 0 Å². The van der Waals surface area contributed by atoms with Crippen LogP contribution in [0.2, 0.25) is 0 Å². The molecule has 5 nitrogen and oxygen atoms in total. The van der Waals surface area contributed by atoms with E-state index in [0.29, 0.717) is 11.7 Å². The lowest BCUT2D eigenvalue weighted by Crippen LogP contribution is -2.22. The lowest BCUT2D eigenvalue weighted by Gasteiger charge is -2.18. The summed E-state index contributed by atoms with van der Waals surface area (Å²) in [4.78, 5) is 16.0. The van der Waals surface area contributed by atoms with Crippen molar-refractivity contribution in [2.24, 2.45) is 0 Å². The van der Waals surface area contributed by atoms with E-state index >= 15 is 0 Å². The minimum atomic E-state index is 0.0232. The van der Waals surface area contributed by atoms with Gasteiger partial charge in [0.1, 0.15) is 10.7 Å². The summed E-state index contributed by atoms with van der Waals surface area (Å²) >= 11 is 1.74. The third-order valence-electron chi connectivity index (χ3n) is 5.46. The highest BCUT2D eigenvalue weighted by atomic mass is 32.1. The molecule has 3 aromatic heterocycles. The highest BCUT2D eigenvalue weighted by Gasteiger charge is 2.27. The smallest absolute Gasteiger partial charge is 0.268 e. The van der Waals surface area contributed by atoms with Gasteiger partial charge in [-0.2, -0.15) is 0 Å². The quantitative estimate of drug-likeness (QED) is 0.510. The molecule has 4 aromatic rings. The van der Waals surface area contributed by atoms with Crippen molar-refractivity contribution in [2.75, 3.05) is 0 Å². The molecule has 1 atom stereocenters. The Morgan fingerprint density at radius 1 is 1.15 bits per heavy atom. The normalized spacial score (nSPS) is 17.1. The molecule has 0 N–H and O–H groups in total. The number of rotatable bonds is 1. The van der Waals surface area contributed by atoms with Gasteiger partial charge in [0.15, 0.2) is 0 Å². The molecule has 0 saturated heterocycles. The molecule has 1 aliphatic carbocycles. The maximum atomic E-state index is 13.6. The third kappa shape index (κ3) is 2.05. The molecule has 1 aliphatic rings. The largest absolute Gasteiger partial charge is 0.268 e. The first-order chi connectivity index (χ1) is 12.6. The fourth-order valence-corrected chi connectivity index (χ4v) is 5.62. The van der Waals surface area contributed by atoms with Gasteiger partial charge in [-0.25, -0.2) is 4.57 Å². The lowest BCUT2D eigenvalue weighted by atomic mass is 9.88. The molecule has 0 spiro atoms. The van der Waals surface area contributed by atoms with E-state index in [4.69, 9.17) is 0 Å². The first-order valence-corrected chi connectivity index (χ1v) is 9.87. The Bertz CT molecular complexity index is 1210. The maximum Gasteiger partial charge on any atom is 0.268 e. The number of benzene rings is 1. The van der Waals surface area contributed by atoms with E-state index < -0.39 is 0 Å². The lowest BCUT2D eigenvalue weighted by molar-refractivity contribution is 0.601. The molecule has 132 valence electrons. The second-order valence-corrected chi connectivity index (χ2v) is 8.35. The average Bonchev–Trinajstić information content (AvgIpc) is 3.18. The highest BCUT2D eigenvalue weighted by molar-refractivity contribution is 7.19. The summed E-state index contributed by atoms with van der Waals surface area (Å²) in [7, 11) is 0. The first-order valence-electron chi connectivity index (χ1n) is 9.05. The molecule has 0 aliphatic heterocycles. The van der Waals surface area contributed by atoms with Crippen LogP contribution in [0.25, 0.3) is 21.7 Å². The standard InChI is InChI=1S/C20H20N4OS/c1-11-7-9-14(10-8-11)24-18(25)17-16-12(2)5-4-6-15(16)26-19(17)23-13(3)21-22-20(23)24/h7-10,12H,4-6H2,1-3H3/t12-/m0/s1. The molecule has 0 bridgehead atoms. The van der Waals surface area contributed by atoms with Crippen LogP contribution in [0.1, 0.15) is 47.5 Å². The Morgan fingerprint density at radius 3 is 2.69 bits per heavy atom. The topological polar surface area (TPSA) is 52.2 Å². The van der Waals surface area contributed by atoms with E-state index in [1.165, 1.54) is 16.9 Å². The molecule has 5 rings (SSSR count). The van der Waals surface area contributed by atoms with E-state index in [1.54, 1.807) is 15.9 Å². The number of nitrogens with zero attached hydrogens (tertiary/aromatic N) is 4. The summed E-state index contributed by atoms with van der Waals surface area (Å²) in [6.07, 6.45) is 3.39. The van der Waals surface area contributed by atoms with Gasteiger partial charge in [-0.1, -0.05) is 24.6 Å². The zero-order chi connectivity index (χ0) is 18.0. The summed E-state index contributed by atoms with van der Waals surface area (Å²) < 4.78 is 3.77. The molecule has 6 heteroatoms. The number of hydrogen-bond acceptors (Lipinski definition) is 4. The van der Waals surface area contributed by atoms with E-state index in [9.17, 15) is 4.79 Å². The predicted octanol–water partition coefficient (Wildman–Crippen LogP) is 4.15. The van der Waals surface area contributed by atoms with Crippen LogP contribution in [0, 0.1) is 13.8 Å². The van der Waals surface area contributed by atoms with Crippen LogP contribution in [-0.4, -0.2) is 19.2 Å². The molecule has 26 heavy (non-hydrogen) atoms. The molecule has 0 radical (unpaired) electrons. The Hall–Kier alpha value is -2.47. The van der Waals surface area contributed by atoms with Gasteiger partial charge in [0.25, 0.3) is 5.56 Å². The van der Waals surface area contributed by atoms with E-state index in [0.717, 1.165) is 40.1 Å². The molecule has 0 amide bonds. The Morgan fingerprint density at radius 2 is 1.92 bits per heavy atom. The monoisotopic (exact) mass is 364 g/mol. The van der Waals surface area contributed by atoms with Crippen molar-refractivity contribution in [1.82, 2.24) is 19.2 Å². The van der Waals surface area contributed by atoms with Crippen molar-refractivity contribution >= 4 is 27.3 Å². The zero-order valence-corrected chi connectivity index (χ0v) is 15.9. The van der Waals surface area contributed by atoms with Crippen molar-refractivity contribution in [3.8, 4) is 5.69 Å². The molecule has 0 unspecified atom stereocenters. The van der Waals surface area contributed by atoms with E-state index in [2.05, 4.69) is 17.1 Å². The number of aryl methyl sites for hydroxylation is 3. The fourth-order valence-electron chi connectivity index (χ4n) is 4.12. The van der Waals surface area contributed by atoms with Crippen LogP contribution in [0.4, 0.5) is 0 Å². The van der Waals surface area contributed by atoms with Crippen molar-refractivity contribution in [1.29, 1.82) is 0 Å². The van der Waals surface area contributed by atoms with E-state index in [1.807, 2.05) is 42.5 Å². The van der Waals surface area contributed by atoms with Crippen molar-refractivity contribution in [3.05, 3.63) is 56.4 Å². The third-order valence-corrected chi connectivity index (χ3v) is 6.71. The molecular formula is C20H20N4OS. The van der Waals surface area contributed by atoms with Gasteiger partial charge in [0.2, 0.25) is 5.78 Å². The molecule has 1 aromatic carbocycles. The Kier molecular flexibility index (Phi) is 3.34. The number of fused-ring (bicyclic) bond motifs is 5. The van der Waals surface area contributed by atoms with Gasteiger partial charge in [-0.15, -0.1) is 21.5 Å². The Balaban J connectivity index is 1.99. The SMILES string of the molecule is Cc1ccc(-n2c(=O)c3c4c(sc3n3c(C)nnc23)CCC[C@@H]4C)cc1. The minimum Gasteiger partial charge on any atom is -0.268 e. The number of thiophene rings is 1. The summed E-state index contributed by atoms with van der Waals surface area (Å²) in [5.74, 6) is 1.83. The van der Waals surface area contributed by atoms with Crippen LogP contribution in [0.5, 0.6) is 0 Å². The van der Waals surface area contributed by atoms with Gasteiger partial charge >= 0.3 is 0 Å². The predicted molar refractivity (Wildman–Crippen MR) is 105 cm³/mol. The van der Waals surface area contributed by atoms with Gasteiger partial charge < -0.3 is 0 Å². The van der Waals surface area contributed by atoms with Crippen molar-refractivity contribution in [3.63, 3.8) is 0 Å². The van der Waals surface area contributed by atoms with Gasteiger partial charge in [0.05, 0.1) is 11.1 Å². The zero-order valence-electron chi connectivity index (χ0n) is 15.1. The number of aromatic nitrogens is 4. The van der Waals surface area contributed by atoms with Gasteiger partial charge in [-0.05, 0) is 56.7 Å². The molecular weight excluding hydrogens is 344 g/mol. The summed E-state index contributed by atoms with van der Waals surface area (Å²) in [5, 5.41) is 9.47. The molecule has 0 fully saturated rings. The van der Waals surface area contributed by atoms with Gasteiger partial charge in [-0.3, -0.25) is 9.20 Å². The van der Waals surface area contributed by atoms with Crippen molar-refractivity contribution < 1.29 is 0 Å².